The van der Waals surface area contributed by atoms with Gasteiger partial charge >= 0.3 is 11.8 Å². The Morgan fingerprint density at radius 1 is 1.12 bits per heavy atom. The monoisotopic (exact) mass is 227 g/mol. The number of carbonyl (C=O) groups excluding carboxylic acids is 2. The van der Waals surface area contributed by atoms with Crippen LogP contribution in [0.25, 0.3) is 0 Å². The Morgan fingerprint density at radius 3 is 2.06 bits per heavy atom. The molecular weight excluding hydrogens is 216 g/mol. The van der Waals surface area contributed by atoms with Gasteiger partial charge < -0.3 is 4.90 Å². The lowest BCUT2D eigenvalue weighted by Crippen LogP contribution is -2.45. The van der Waals surface area contributed by atoms with Crippen molar-refractivity contribution in [3.63, 3.8) is 0 Å². The number of alkyl halides is 2. The number of Topliss-reactive ketones (excluding diaryl/α,β-unsaturated/α-hetero) is 1. The molecule has 16 heavy (non-hydrogen) atoms. The van der Waals surface area contributed by atoms with E-state index in [1.54, 1.807) is 6.07 Å². The van der Waals surface area contributed by atoms with Crippen LogP contribution in [0.5, 0.6) is 0 Å². The van der Waals surface area contributed by atoms with Crippen molar-refractivity contribution in [2.24, 2.45) is 0 Å². The Kier molecular flexibility index (Phi) is 3.37. The summed E-state index contributed by atoms with van der Waals surface area (Å²) in [4.78, 5) is 23.2. The zero-order chi connectivity index (χ0) is 12.3. The number of hydrogen-bond acceptors (Lipinski definition) is 2. The Balaban J connectivity index is 3.02. The van der Waals surface area contributed by atoms with Gasteiger partial charge in [0.15, 0.2) is 0 Å². The van der Waals surface area contributed by atoms with Gasteiger partial charge in [-0.25, -0.2) is 0 Å². The fourth-order valence-electron chi connectivity index (χ4n) is 1.15. The summed E-state index contributed by atoms with van der Waals surface area (Å²) >= 11 is 0. The summed E-state index contributed by atoms with van der Waals surface area (Å²) in [7, 11) is 2.35. The summed E-state index contributed by atoms with van der Waals surface area (Å²) in [5.41, 5.74) is -0.178. The van der Waals surface area contributed by atoms with Crippen LogP contribution in [0.3, 0.4) is 0 Å². The summed E-state index contributed by atoms with van der Waals surface area (Å²) in [6, 6.07) is 7.02. The van der Waals surface area contributed by atoms with E-state index < -0.39 is 17.6 Å². The molecule has 0 atom stereocenters. The number of rotatable bonds is 3. The number of nitrogens with zero attached hydrogens (tertiary/aromatic N) is 1. The molecule has 0 radical (unpaired) electrons. The predicted octanol–water partition coefficient (Wildman–Crippen LogP) is 1.59. The Morgan fingerprint density at radius 2 is 1.62 bits per heavy atom. The molecule has 1 rings (SSSR count). The topological polar surface area (TPSA) is 37.4 Å². The van der Waals surface area contributed by atoms with E-state index in [0.717, 1.165) is 0 Å². The second-order valence-corrected chi connectivity index (χ2v) is 3.47. The fraction of sp³-hybridized carbons (Fsp3) is 0.273. The molecule has 0 aliphatic rings. The Bertz CT molecular complexity index is 402. The lowest BCUT2D eigenvalue weighted by Gasteiger charge is -2.18. The molecule has 0 aliphatic heterocycles. The van der Waals surface area contributed by atoms with Gasteiger partial charge in [0, 0.05) is 19.7 Å². The average Bonchev–Trinajstić information content (AvgIpc) is 2.28. The summed E-state index contributed by atoms with van der Waals surface area (Å²) in [5, 5.41) is 0. The maximum Gasteiger partial charge on any atom is 0.386 e. The van der Waals surface area contributed by atoms with Crippen molar-refractivity contribution >= 4 is 11.7 Å². The van der Waals surface area contributed by atoms with Crippen LogP contribution in [0, 0.1) is 0 Å². The third kappa shape index (κ3) is 2.24. The third-order valence-electron chi connectivity index (χ3n) is 2.00. The van der Waals surface area contributed by atoms with Gasteiger partial charge in [0.25, 0.3) is 0 Å². The molecular formula is C11H11F2NO2. The SMILES string of the molecule is CN(C)C(=O)C(F)(F)C(=O)c1ccccc1. The molecule has 0 aromatic heterocycles. The number of hydrogen-bond donors (Lipinski definition) is 0. The van der Waals surface area contributed by atoms with Gasteiger partial charge in [-0.3, -0.25) is 9.59 Å². The smallest absolute Gasteiger partial charge is 0.343 e. The van der Waals surface area contributed by atoms with Crippen molar-refractivity contribution in [1.29, 1.82) is 0 Å². The number of amides is 1. The van der Waals surface area contributed by atoms with E-state index in [2.05, 4.69) is 0 Å². The first-order valence-corrected chi connectivity index (χ1v) is 4.56. The molecule has 0 aliphatic carbocycles. The van der Waals surface area contributed by atoms with Gasteiger partial charge in [-0.15, -0.1) is 0 Å². The van der Waals surface area contributed by atoms with E-state index in [9.17, 15) is 18.4 Å². The highest BCUT2D eigenvalue weighted by atomic mass is 19.3. The molecule has 0 bridgehead atoms. The van der Waals surface area contributed by atoms with Crippen LogP contribution in [0.1, 0.15) is 10.4 Å². The van der Waals surface area contributed by atoms with Gasteiger partial charge in [-0.2, -0.15) is 8.78 Å². The molecule has 0 saturated carbocycles. The van der Waals surface area contributed by atoms with Gasteiger partial charge in [0.1, 0.15) is 0 Å². The van der Waals surface area contributed by atoms with Crippen LogP contribution in [-0.4, -0.2) is 36.6 Å². The zero-order valence-corrected chi connectivity index (χ0v) is 8.91. The molecule has 0 saturated heterocycles. The first-order chi connectivity index (χ1) is 7.37. The van der Waals surface area contributed by atoms with E-state index in [1.165, 1.54) is 38.4 Å². The summed E-state index contributed by atoms with van der Waals surface area (Å²) < 4.78 is 26.8. The highest BCUT2D eigenvalue weighted by molar-refractivity contribution is 6.15. The lowest BCUT2D eigenvalue weighted by atomic mass is 10.0. The Labute approximate surface area is 91.7 Å². The summed E-state index contributed by atoms with van der Waals surface area (Å²) in [6.07, 6.45) is 0. The molecule has 0 N–H and O–H groups in total. The molecule has 5 heteroatoms. The quantitative estimate of drug-likeness (QED) is 0.581. The maximum absolute atomic E-state index is 13.4. The van der Waals surface area contributed by atoms with E-state index in [1.807, 2.05) is 0 Å². The number of benzene rings is 1. The first-order valence-electron chi connectivity index (χ1n) is 4.56. The van der Waals surface area contributed by atoms with E-state index >= 15 is 0 Å². The maximum atomic E-state index is 13.4. The summed E-state index contributed by atoms with van der Waals surface area (Å²) in [5.74, 6) is -7.00. The molecule has 0 spiro atoms. The van der Waals surface area contributed by atoms with Crippen LogP contribution in [0.15, 0.2) is 30.3 Å². The van der Waals surface area contributed by atoms with Gasteiger partial charge in [0.2, 0.25) is 5.78 Å². The molecule has 0 heterocycles. The molecule has 1 aromatic rings. The normalized spacial score (nSPS) is 11.0. The fourth-order valence-corrected chi connectivity index (χ4v) is 1.15. The lowest BCUT2D eigenvalue weighted by molar-refractivity contribution is -0.148. The van der Waals surface area contributed by atoms with Crippen LogP contribution in [0.4, 0.5) is 8.78 Å². The highest BCUT2D eigenvalue weighted by Gasteiger charge is 2.48. The number of ketones is 1. The second kappa shape index (κ2) is 4.38. The minimum Gasteiger partial charge on any atom is -0.343 e. The van der Waals surface area contributed by atoms with Crippen molar-refractivity contribution in [2.45, 2.75) is 5.92 Å². The van der Waals surface area contributed by atoms with Gasteiger partial charge in [-0.1, -0.05) is 30.3 Å². The molecule has 1 aromatic carbocycles. The van der Waals surface area contributed by atoms with Crippen molar-refractivity contribution in [2.75, 3.05) is 14.1 Å². The summed E-state index contributed by atoms with van der Waals surface area (Å²) in [6.45, 7) is 0. The second-order valence-electron chi connectivity index (χ2n) is 3.47. The van der Waals surface area contributed by atoms with Crippen molar-refractivity contribution in [3.8, 4) is 0 Å². The van der Waals surface area contributed by atoms with Crippen LogP contribution >= 0.6 is 0 Å². The molecule has 0 unspecified atom stereocenters. The van der Waals surface area contributed by atoms with Crippen molar-refractivity contribution < 1.29 is 18.4 Å². The van der Waals surface area contributed by atoms with Gasteiger partial charge in [0.05, 0.1) is 0 Å². The molecule has 3 nitrogen and oxygen atoms in total. The molecule has 86 valence electrons. The molecule has 1 amide bonds. The van der Waals surface area contributed by atoms with Crippen LogP contribution in [0.2, 0.25) is 0 Å². The average molecular weight is 227 g/mol. The number of carbonyl (C=O) groups is 2. The predicted molar refractivity (Wildman–Crippen MR) is 54.4 cm³/mol. The van der Waals surface area contributed by atoms with Crippen LogP contribution in [-0.2, 0) is 4.79 Å². The minimum absolute atomic E-state index is 0.178. The molecule has 0 fully saturated rings. The van der Waals surface area contributed by atoms with E-state index in [-0.39, 0.29) is 5.56 Å². The zero-order valence-electron chi connectivity index (χ0n) is 8.91. The van der Waals surface area contributed by atoms with Crippen molar-refractivity contribution in [1.82, 2.24) is 4.90 Å². The minimum atomic E-state index is -4.01. The van der Waals surface area contributed by atoms with Gasteiger partial charge in [-0.05, 0) is 0 Å². The van der Waals surface area contributed by atoms with Crippen molar-refractivity contribution in [3.05, 3.63) is 35.9 Å². The third-order valence-corrected chi connectivity index (χ3v) is 2.00. The van der Waals surface area contributed by atoms with E-state index in [0.29, 0.717) is 4.90 Å². The highest BCUT2D eigenvalue weighted by Crippen LogP contribution is 2.22. The standard InChI is InChI=1S/C11H11F2NO2/c1-14(2)10(16)11(12,13)9(15)8-6-4-3-5-7-8/h3-7H,1-2H3. The first kappa shape index (κ1) is 12.3. The number of halogens is 2. The largest absolute Gasteiger partial charge is 0.386 e. The Hall–Kier alpha value is -1.78. The van der Waals surface area contributed by atoms with E-state index in [4.69, 9.17) is 0 Å². The van der Waals surface area contributed by atoms with Crippen LogP contribution < -0.4 is 0 Å².